The highest BCUT2D eigenvalue weighted by molar-refractivity contribution is 6.07. The van der Waals surface area contributed by atoms with Crippen LogP contribution in [0.2, 0.25) is 0 Å². The minimum absolute atomic E-state index is 0.0410. The molecule has 3 nitrogen and oxygen atoms in total. The molecular weight excluding hydrogens is 512 g/mol. The van der Waals surface area contributed by atoms with Crippen molar-refractivity contribution in [3.8, 4) is 50.4 Å². The highest BCUT2D eigenvalue weighted by Crippen LogP contribution is 2.45. The Morgan fingerprint density at radius 2 is 1.31 bits per heavy atom. The number of hydrogen-bond acceptors (Lipinski definition) is 3. The number of aromatic nitrogens is 1. The molecule has 1 N–H and O–H groups in total. The Hall–Kier alpha value is -5.41. The van der Waals surface area contributed by atoms with Gasteiger partial charge in [-0.3, -0.25) is 0 Å². The third kappa shape index (κ3) is 4.10. The number of nitrogens with zero attached hydrogens (tertiary/aromatic N) is 1. The Bertz CT molecular complexity index is 2120. The molecule has 3 heteroatoms. The highest BCUT2D eigenvalue weighted by atomic mass is 16.5. The van der Waals surface area contributed by atoms with E-state index in [2.05, 4.69) is 145 Å². The summed E-state index contributed by atoms with van der Waals surface area (Å²) in [4.78, 5) is 5.21. The molecule has 8 rings (SSSR count). The van der Waals surface area contributed by atoms with Crippen LogP contribution in [-0.2, 0) is 0 Å². The minimum Gasteiger partial charge on any atom is -0.469 e. The molecule has 0 amide bonds. The predicted octanol–water partition coefficient (Wildman–Crippen LogP) is 10.2. The smallest absolute Gasteiger partial charge is 0.167 e. The molecule has 0 aliphatic carbocycles. The van der Waals surface area contributed by atoms with Crippen LogP contribution in [0.1, 0.15) is 6.92 Å². The molecule has 2 heterocycles. The second kappa shape index (κ2) is 9.90. The fourth-order valence-corrected chi connectivity index (χ4v) is 6.26. The van der Waals surface area contributed by atoms with Crippen molar-refractivity contribution in [3.05, 3.63) is 140 Å². The summed E-state index contributed by atoms with van der Waals surface area (Å²) in [5.41, 5.74) is 11.1. The van der Waals surface area contributed by atoms with E-state index in [0.29, 0.717) is 0 Å². The summed E-state index contributed by atoms with van der Waals surface area (Å²) >= 11 is 0. The van der Waals surface area contributed by atoms with Crippen molar-refractivity contribution in [2.45, 2.75) is 13.2 Å². The van der Waals surface area contributed by atoms with Gasteiger partial charge in [0.25, 0.3) is 0 Å². The molecule has 1 aromatic heterocycles. The van der Waals surface area contributed by atoms with E-state index in [1.807, 2.05) is 6.92 Å². The molecule has 0 bridgehead atoms. The number of hydrogen-bond donors (Lipinski definition) is 1. The number of benzene rings is 6. The fourth-order valence-electron chi connectivity index (χ4n) is 6.26. The first-order chi connectivity index (χ1) is 20.7. The lowest BCUT2D eigenvalue weighted by Gasteiger charge is -2.18. The summed E-state index contributed by atoms with van der Waals surface area (Å²) in [6, 6.07) is 49.5. The van der Waals surface area contributed by atoms with Crippen molar-refractivity contribution in [1.82, 2.24) is 4.98 Å². The van der Waals surface area contributed by atoms with E-state index < -0.39 is 0 Å². The first kappa shape index (κ1) is 24.4. The number of nitrogens with one attached hydrogen (secondary N) is 1. The van der Waals surface area contributed by atoms with E-state index in [-0.39, 0.29) is 6.23 Å². The monoisotopic (exact) mass is 540 g/mol. The summed E-state index contributed by atoms with van der Waals surface area (Å²) in [5.74, 6) is 0.891. The van der Waals surface area contributed by atoms with Gasteiger partial charge in [-0.1, -0.05) is 115 Å². The maximum Gasteiger partial charge on any atom is 0.167 e. The molecule has 0 saturated carbocycles. The first-order valence-electron chi connectivity index (χ1n) is 14.4. The predicted molar refractivity (Wildman–Crippen MR) is 175 cm³/mol. The standard InChI is InChI=1S/C39H28N2O/c1-25-40-37-23-28(20-22-38(37)42-25)39-29-14-6-5-13-27(29)19-21-33(39)30-15-7-8-16-31(30)36-24-34(26-11-3-2-4-12-26)32-17-9-10-18-35(32)41-36/h2-25,40H,1H3. The molecular formula is C39H28N2O. The molecule has 7 aromatic rings. The van der Waals surface area contributed by atoms with Crippen LogP contribution < -0.4 is 10.1 Å². The largest absolute Gasteiger partial charge is 0.469 e. The van der Waals surface area contributed by atoms with Gasteiger partial charge in [0.1, 0.15) is 5.75 Å². The van der Waals surface area contributed by atoms with E-state index in [1.165, 1.54) is 33.0 Å². The molecule has 0 fully saturated rings. The molecule has 0 spiro atoms. The summed E-state index contributed by atoms with van der Waals surface area (Å²) in [6.07, 6.45) is -0.0410. The molecule has 1 unspecified atom stereocenters. The molecule has 0 radical (unpaired) electrons. The van der Waals surface area contributed by atoms with Gasteiger partial charge in [-0.25, -0.2) is 4.98 Å². The van der Waals surface area contributed by atoms with Gasteiger partial charge < -0.3 is 10.1 Å². The number of pyridine rings is 1. The lowest BCUT2D eigenvalue weighted by molar-refractivity contribution is 0.275. The second-order valence-electron chi connectivity index (χ2n) is 10.8. The van der Waals surface area contributed by atoms with Crippen LogP contribution in [0.5, 0.6) is 5.75 Å². The fraction of sp³-hybridized carbons (Fsp3) is 0.0513. The molecule has 1 aliphatic heterocycles. The molecule has 6 aromatic carbocycles. The lowest BCUT2D eigenvalue weighted by atomic mass is 9.86. The minimum atomic E-state index is -0.0410. The lowest BCUT2D eigenvalue weighted by Crippen LogP contribution is -2.13. The van der Waals surface area contributed by atoms with E-state index in [9.17, 15) is 0 Å². The van der Waals surface area contributed by atoms with Crippen LogP contribution >= 0.6 is 0 Å². The average Bonchev–Trinajstić information content (AvgIpc) is 3.43. The van der Waals surface area contributed by atoms with Crippen molar-refractivity contribution in [2.75, 3.05) is 5.32 Å². The zero-order chi connectivity index (χ0) is 28.0. The van der Waals surface area contributed by atoms with Gasteiger partial charge in [0, 0.05) is 10.9 Å². The zero-order valence-corrected chi connectivity index (χ0v) is 23.2. The van der Waals surface area contributed by atoms with Gasteiger partial charge in [-0.2, -0.15) is 0 Å². The second-order valence-corrected chi connectivity index (χ2v) is 10.8. The Labute approximate surface area is 245 Å². The highest BCUT2D eigenvalue weighted by Gasteiger charge is 2.21. The van der Waals surface area contributed by atoms with Crippen molar-refractivity contribution in [2.24, 2.45) is 0 Å². The SMILES string of the molecule is CC1Nc2cc(-c3c(-c4ccccc4-c4cc(-c5ccccc5)c5ccccc5n4)ccc4ccccc34)ccc2O1. The van der Waals surface area contributed by atoms with E-state index in [1.54, 1.807) is 0 Å². The van der Waals surface area contributed by atoms with Crippen molar-refractivity contribution in [3.63, 3.8) is 0 Å². The van der Waals surface area contributed by atoms with Crippen LogP contribution in [0.3, 0.4) is 0 Å². The van der Waals surface area contributed by atoms with Gasteiger partial charge in [-0.05, 0) is 75.3 Å². The number of para-hydroxylation sites is 1. The van der Waals surface area contributed by atoms with E-state index in [4.69, 9.17) is 9.72 Å². The Morgan fingerprint density at radius 1 is 0.571 bits per heavy atom. The van der Waals surface area contributed by atoms with Gasteiger partial charge in [0.2, 0.25) is 0 Å². The average molecular weight is 541 g/mol. The molecule has 1 atom stereocenters. The maximum atomic E-state index is 5.94. The first-order valence-corrected chi connectivity index (χ1v) is 14.4. The Balaban J connectivity index is 1.38. The maximum absolute atomic E-state index is 5.94. The van der Waals surface area contributed by atoms with Gasteiger partial charge in [-0.15, -0.1) is 0 Å². The topological polar surface area (TPSA) is 34.2 Å². The molecule has 1 aliphatic rings. The van der Waals surface area contributed by atoms with Gasteiger partial charge >= 0.3 is 0 Å². The van der Waals surface area contributed by atoms with Crippen molar-refractivity contribution in [1.29, 1.82) is 0 Å². The van der Waals surface area contributed by atoms with Crippen LogP contribution in [-0.4, -0.2) is 11.2 Å². The number of ether oxygens (including phenoxy) is 1. The molecule has 200 valence electrons. The normalized spacial score (nSPS) is 14.0. The quantitative estimate of drug-likeness (QED) is 0.241. The summed E-state index contributed by atoms with van der Waals surface area (Å²) in [7, 11) is 0. The number of rotatable bonds is 4. The van der Waals surface area contributed by atoms with Crippen LogP contribution in [0.25, 0.3) is 66.3 Å². The Morgan fingerprint density at radius 3 is 2.19 bits per heavy atom. The third-order valence-electron chi connectivity index (χ3n) is 8.15. The van der Waals surface area contributed by atoms with E-state index >= 15 is 0 Å². The summed E-state index contributed by atoms with van der Waals surface area (Å²) in [6.45, 7) is 2.03. The molecule has 42 heavy (non-hydrogen) atoms. The van der Waals surface area contributed by atoms with Crippen molar-refractivity contribution >= 4 is 27.4 Å². The van der Waals surface area contributed by atoms with E-state index in [0.717, 1.165) is 44.7 Å². The Kier molecular flexibility index (Phi) is 5.75. The zero-order valence-electron chi connectivity index (χ0n) is 23.2. The summed E-state index contributed by atoms with van der Waals surface area (Å²) < 4.78 is 5.94. The van der Waals surface area contributed by atoms with Gasteiger partial charge in [0.15, 0.2) is 6.23 Å². The van der Waals surface area contributed by atoms with Crippen molar-refractivity contribution < 1.29 is 4.74 Å². The third-order valence-corrected chi connectivity index (χ3v) is 8.15. The van der Waals surface area contributed by atoms with Gasteiger partial charge in [0.05, 0.1) is 16.9 Å². The van der Waals surface area contributed by atoms with Crippen LogP contribution in [0.15, 0.2) is 140 Å². The summed E-state index contributed by atoms with van der Waals surface area (Å²) in [5, 5.41) is 7.04. The molecule has 0 saturated heterocycles. The number of anilines is 1. The van der Waals surface area contributed by atoms with Crippen LogP contribution in [0, 0.1) is 0 Å². The van der Waals surface area contributed by atoms with Crippen LogP contribution in [0.4, 0.5) is 5.69 Å². The number of fused-ring (bicyclic) bond motifs is 3.